The predicted octanol–water partition coefficient (Wildman–Crippen LogP) is 4.42. The fourth-order valence-electron chi connectivity index (χ4n) is 3.27. The number of aromatic nitrogens is 2. The van der Waals surface area contributed by atoms with Crippen LogP contribution in [-0.2, 0) is 6.42 Å². The van der Waals surface area contributed by atoms with Gasteiger partial charge in [0.05, 0.1) is 5.69 Å². The first kappa shape index (κ1) is 17.7. The molecule has 4 rings (SSSR count). The van der Waals surface area contributed by atoms with Gasteiger partial charge in [-0.3, -0.25) is 0 Å². The van der Waals surface area contributed by atoms with Gasteiger partial charge in [0.2, 0.25) is 11.7 Å². The van der Waals surface area contributed by atoms with Crippen molar-refractivity contribution in [2.45, 2.75) is 19.3 Å². The molecule has 0 saturated carbocycles. The number of hydrogen-bond donors (Lipinski definition) is 1. The Morgan fingerprint density at radius 3 is 3.07 bits per heavy atom. The maximum Gasteiger partial charge on any atom is 0.321 e. The van der Waals surface area contributed by atoms with Crippen molar-refractivity contribution in [1.29, 1.82) is 0 Å². The van der Waals surface area contributed by atoms with Gasteiger partial charge < -0.3 is 14.7 Å². The van der Waals surface area contributed by atoms with E-state index in [1.165, 1.54) is 6.07 Å². The number of amides is 2. The fourth-order valence-corrected chi connectivity index (χ4v) is 3.90. The van der Waals surface area contributed by atoms with Gasteiger partial charge in [0.1, 0.15) is 5.82 Å². The van der Waals surface area contributed by atoms with Gasteiger partial charge in [0.25, 0.3) is 0 Å². The third-order valence-corrected chi connectivity index (χ3v) is 5.32. The van der Waals surface area contributed by atoms with E-state index in [0.717, 1.165) is 18.4 Å². The number of likely N-dealkylation sites (tertiary alicyclic amines) is 1. The molecule has 1 fully saturated rings. The molecule has 1 aromatic carbocycles. The minimum absolute atomic E-state index is 0.196. The number of urea groups is 1. The van der Waals surface area contributed by atoms with E-state index in [-0.39, 0.29) is 17.6 Å². The molecule has 27 heavy (non-hydrogen) atoms. The van der Waals surface area contributed by atoms with Gasteiger partial charge in [0, 0.05) is 30.5 Å². The molecule has 0 bridgehead atoms. The van der Waals surface area contributed by atoms with Crippen LogP contribution < -0.4 is 5.32 Å². The largest absolute Gasteiger partial charge is 0.339 e. The Morgan fingerprint density at radius 1 is 1.37 bits per heavy atom. The summed E-state index contributed by atoms with van der Waals surface area (Å²) in [6, 6.07) is 7.84. The summed E-state index contributed by atoms with van der Waals surface area (Å²) in [5, 5.41) is 10.6. The van der Waals surface area contributed by atoms with Crippen LogP contribution in [-0.4, -0.2) is 34.2 Å². The number of rotatable bonds is 4. The monoisotopic (exact) mass is 386 g/mol. The number of carbonyl (C=O) groups is 1. The van der Waals surface area contributed by atoms with Crippen molar-refractivity contribution < 1.29 is 13.7 Å². The lowest BCUT2D eigenvalue weighted by atomic mass is 9.95. The van der Waals surface area contributed by atoms with E-state index in [1.807, 2.05) is 16.8 Å². The predicted molar refractivity (Wildman–Crippen MR) is 101 cm³/mol. The van der Waals surface area contributed by atoms with Crippen molar-refractivity contribution >= 4 is 23.1 Å². The van der Waals surface area contributed by atoms with E-state index in [2.05, 4.69) is 15.5 Å². The van der Waals surface area contributed by atoms with Crippen LogP contribution in [0.1, 0.15) is 18.7 Å². The number of hydrogen-bond acceptors (Lipinski definition) is 5. The Bertz CT molecular complexity index is 912. The first-order valence-electron chi connectivity index (χ1n) is 8.84. The highest BCUT2D eigenvalue weighted by molar-refractivity contribution is 7.08. The smallest absolute Gasteiger partial charge is 0.321 e. The Hall–Kier alpha value is -2.74. The van der Waals surface area contributed by atoms with E-state index in [4.69, 9.17) is 4.52 Å². The number of para-hydroxylation sites is 1. The van der Waals surface area contributed by atoms with Crippen LogP contribution in [0.3, 0.4) is 0 Å². The van der Waals surface area contributed by atoms with Gasteiger partial charge >= 0.3 is 6.03 Å². The third kappa shape index (κ3) is 4.16. The van der Waals surface area contributed by atoms with Gasteiger partial charge in [-0.1, -0.05) is 17.3 Å². The second-order valence-corrected chi connectivity index (χ2v) is 7.37. The zero-order valence-electron chi connectivity index (χ0n) is 14.6. The van der Waals surface area contributed by atoms with Crippen molar-refractivity contribution in [2.75, 3.05) is 18.4 Å². The van der Waals surface area contributed by atoms with Gasteiger partial charge in [-0.25, -0.2) is 9.18 Å². The minimum Gasteiger partial charge on any atom is -0.339 e. The van der Waals surface area contributed by atoms with Crippen LogP contribution >= 0.6 is 11.3 Å². The summed E-state index contributed by atoms with van der Waals surface area (Å²) in [5.74, 6) is 0.973. The van der Waals surface area contributed by atoms with E-state index < -0.39 is 5.82 Å². The molecule has 1 aliphatic heterocycles. The van der Waals surface area contributed by atoms with Crippen LogP contribution in [0.5, 0.6) is 0 Å². The van der Waals surface area contributed by atoms with E-state index in [1.54, 1.807) is 34.4 Å². The number of piperidine rings is 1. The Labute approximate surface area is 160 Å². The SMILES string of the molecule is O=C(Nc1ccccc1F)N1CCCC(Cc2nc(-c3ccsc3)no2)C1. The lowest BCUT2D eigenvalue weighted by molar-refractivity contribution is 0.173. The Kier molecular flexibility index (Phi) is 5.15. The molecule has 2 aromatic heterocycles. The van der Waals surface area contributed by atoms with Crippen LogP contribution in [0.4, 0.5) is 14.9 Å². The summed E-state index contributed by atoms with van der Waals surface area (Å²) in [7, 11) is 0. The van der Waals surface area contributed by atoms with Gasteiger partial charge in [0.15, 0.2) is 0 Å². The van der Waals surface area contributed by atoms with Gasteiger partial charge in [-0.2, -0.15) is 16.3 Å². The number of nitrogens with one attached hydrogen (secondary N) is 1. The topological polar surface area (TPSA) is 71.3 Å². The zero-order chi connectivity index (χ0) is 18.6. The zero-order valence-corrected chi connectivity index (χ0v) is 15.4. The average molecular weight is 386 g/mol. The maximum absolute atomic E-state index is 13.7. The molecular weight excluding hydrogens is 367 g/mol. The number of anilines is 1. The quantitative estimate of drug-likeness (QED) is 0.720. The number of carbonyl (C=O) groups excluding carboxylic acids is 1. The van der Waals surface area contributed by atoms with Crippen LogP contribution in [0, 0.1) is 11.7 Å². The minimum atomic E-state index is -0.439. The average Bonchev–Trinajstić information content (AvgIpc) is 3.35. The van der Waals surface area contributed by atoms with Crippen LogP contribution in [0.15, 0.2) is 45.6 Å². The van der Waals surface area contributed by atoms with Crippen molar-refractivity contribution in [3.8, 4) is 11.4 Å². The number of benzene rings is 1. The molecule has 1 unspecified atom stereocenters. The molecule has 140 valence electrons. The summed E-state index contributed by atoms with van der Waals surface area (Å²) in [4.78, 5) is 18.7. The molecule has 3 aromatic rings. The molecule has 1 N–H and O–H groups in total. The lowest BCUT2D eigenvalue weighted by Gasteiger charge is -2.32. The molecular formula is C19H19FN4O2S. The molecule has 0 aliphatic carbocycles. The number of nitrogens with zero attached hydrogens (tertiary/aromatic N) is 3. The normalized spacial score (nSPS) is 17.1. The molecule has 3 heterocycles. The van der Waals surface area contributed by atoms with Crippen molar-refractivity contribution in [3.05, 3.63) is 52.8 Å². The van der Waals surface area contributed by atoms with E-state index in [0.29, 0.717) is 31.2 Å². The highest BCUT2D eigenvalue weighted by Gasteiger charge is 2.26. The maximum atomic E-state index is 13.7. The first-order valence-corrected chi connectivity index (χ1v) is 9.79. The van der Waals surface area contributed by atoms with E-state index in [9.17, 15) is 9.18 Å². The number of thiophene rings is 1. The molecule has 0 spiro atoms. The fraction of sp³-hybridized carbons (Fsp3) is 0.316. The molecule has 2 amide bonds. The molecule has 6 nitrogen and oxygen atoms in total. The molecule has 0 radical (unpaired) electrons. The van der Waals surface area contributed by atoms with Crippen LogP contribution in [0.25, 0.3) is 11.4 Å². The standard InChI is InChI=1S/C19H19FN4O2S/c20-15-5-1-2-6-16(15)21-19(25)24-8-3-4-13(11-24)10-17-22-18(23-26-17)14-7-9-27-12-14/h1-2,5-7,9,12-13H,3-4,8,10-11H2,(H,21,25). The summed E-state index contributed by atoms with van der Waals surface area (Å²) in [5.41, 5.74) is 1.14. The van der Waals surface area contributed by atoms with Crippen molar-refractivity contribution in [3.63, 3.8) is 0 Å². The summed E-state index contributed by atoms with van der Waals surface area (Å²) in [6.07, 6.45) is 2.50. The summed E-state index contributed by atoms with van der Waals surface area (Å²) >= 11 is 1.58. The van der Waals surface area contributed by atoms with Crippen molar-refractivity contribution in [2.24, 2.45) is 5.92 Å². The molecule has 1 saturated heterocycles. The summed E-state index contributed by atoms with van der Waals surface area (Å²) < 4.78 is 19.1. The molecule has 1 atom stereocenters. The highest BCUT2D eigenvalue weighted by Crippen LogP contribution is 2.24. The number of halogens is 1. The third-order valence-electron chi connectivity index (χ3n) is 4.63. The lowest BCUT2D eigenvalue weighted by Crippen LogP contribution is -2.43. The van der Waals surface area contributed by atoms with Gasteiger partial charge in [-0.15, -0.1) is 0 Å². The molecule has 1 aliphatic rings. The first-order chi connectivity index (χ1) is 13.2. The Balaban J connectivity index is 1.37. The van der Waals surface area contributed by atoms with Crippen molar-refractivity contribution in [1.82, 2.24) is 15.0 Å². The second kappa shape index (κ2) is 7.87. The van der Waals surface area contributed by atoms with Gasteiger partial charge in [-0.05, 0) is 42.3 Å². The highest BCUT2D eigenvalue weighted by atomic mass is 32.1. The van der Waals surface area contributed by atoms with E-state index >= 15 is 0 Å². The van der Waals surface area contributed by atoms with Crippen LogP contribution in [0.2, 0.25) is 0 Å². The second-order valence-electron chi connectivity index (χ2n) is 6.59. The molecule has 8 heteroatoms. The Morgan fingerprint density at radius 2 is 2.26 bits per heavy atom. The summed E-state index contributed by atoms with van der Waals surface area (Å²) in [6.45, 7) is 1.23.